The lowest BCUT2D eigenvalue weighted by Crippen LogP contribution is -2.23. The van der Waals surface area contributed by atoms with Crippen molar-refractivity contribution in [3.63, 3.8) is 0 Å². The van der Waals surface area contributed by atoms with Crippen molar-refractivity contribution in [3.8, 4) is 0 Å². The molecule has 0 spiro atoms. The smallest absolute Gasteiger partial charge is 0.237 e. The molecule has 5 nitrogen and oxygen atoms in total. The summed E-state index contributed by atoms with van der Waals surface area (Å²) in [6, 6.07) is 5.91. The summed E-state index contributed by atoms with van der Waals surface area (Å²) < 4.78 is 14.7. The van der Waals surface area contributed by atoms with Crippen LogP contribution in [0.5, 0.6) is 0 Å². The number of benzene rings is 1. The first-order valence-corrected chi connectivity index (χ1v) is 7.48. The third kappa shape index (κ3) is 4.04. The van der Waals surface area contributed by atoms with E-state index in [1.807, 2.05) is 18.4 Å². The summed E-state index contributed by atoms with van der Waals surface area (Å²) in [5, 5.41) is 11.0. The Balaban J connectivity index is 1.99. The molecule has 1 unspecified atom stereocenters. The molecule has 0 aliphatic carbocycles. The topological polar surface area (TPSA) is 59.8 Å². The van der Waals surface area contributed by atoms with E-state index in [2.05, 4.69) is 15.5 Å². The summed E-state index contributed by atoms with van der Waals surface area (Å²) in [6.07, 6.45) is 1.65. The minimum Gasteiger partial charge on any atom is -0.325 e. The van der Waals surface area contributed by atoms with Crippen molar-refractivity contribution >= 4 is 23.4 Å². The van der Waals surface area contributed by atoms with Crippen LogP contribution < -0.4 is 5.32 Å². The highest BCUT2D eigenvalue weighted by Gasteiger charge is 2.18. The zero-order valence-corrected chi connectivity index (χ0v) is 12.9. The van der Waals surface area contributed by atoms with Crippen LogP contribution in [0.4, 0.5) is 10.1 Å². The minimum absolute atomic E-state index is 0.162. The van der Waals surface area contributed by atoms with Crippen LogP contribution in [0.1, 0.15) is 26.8 Å². The molecule has 1 amide bonds. The van der Waals surface area contributed by atoms with E-state index < -0.39 is 0 Å². The number of nitrogens with one attached hydrogen (secondary N) is 1. The Morgan fingerprint density at radius 2 is 1.95 bits per heavy atom. The monoisotopic (exact) mass is 308 g/mol. The summed E-state index contributed by atoms with van der Waals surface area (Å²) >= 11 is 1.34. The molecular weight excluding hydrogens is 291 g/mol. The molecular formula is C14H17FN4OS. The Morgan fingerprint density at radius 3 is 2.57 bits per heavy atom. The molecule has 112 valence electrons. The summed E-state index contributed by atoms with van der Waals surface area (Å²) in [5.74, 6) is -0.495. The van der Waals surface area contributed by atoms with E-state index in [1.165, 1.54) is 36.0 Å². The van der Waals surface area contributed by atoms with Crippen molar-refractivity contribution in [3.05, 3.63) is 36.4 Å². The minimum atomic E-state index is -0.336. The maximum Gasteiger partial charge on any atom is 0.237 e. The molecule has 0 aliphatic heterocycles. The number of thioether (sulfide) groups is 1. The van der Waals surface area contributed by atoms with Gasteiger partial charge in [-0.1, -0.05) is 11.8 Å². The lowest BCUT2D eigenvalue weighted by atomic mass is 10.3. The molecule has 1 aromatic carbocycles. The van der Waals surface area contributed by atoms with Gasteiger partial charge in [0.2, 0.25) is 5.91 Å². The van der Waals surface area contributed by atoms with E-state index in [0.29, 0.717) is 10.8 Å². The van der Waals surface area contributed by atoms with Gasteiger partial charge in [-0.15, -0.1) is 10.2 Å². The fraction of sp³-hybridized carbons (Fsp3) is 0.357. The predicted octanol–water partition coefficient (Wildman–Crippen LogP) is 3.12. The third-order valence-electron chi connectivity index (χ3n) is 2.86. The van der Waals surface area contributed by atoms with Crippen molar-refractivity contribution in [1.82, 2.24) is 14.8 Å². The van der Waals surface area contributed by atoms with E-state index in [9.17, 15) is 9.18 Å². The molecule has 21 heavy (non-hydrogen) atoms. The maximum atomic E-state index is 12.8. The second-order valence-electron chi connectivity index (χ2n) is 4.87. The maximum absolute atomic E-state index is 12.8. The average Bonchev–Trinajstić information content (AvgIpc) is 2.89. The van der Waals surface area contributed by atoms with Gasteiger partial charge in [-0.3, -0.25) is 4.79 Å². The van der Waals surface area contributed by atoms with Gasteiger partial charge in [0.25, 0.3) is 0 Å². The molecule has 1 aromatic heterocycles. The van der Waals surface area contributed by atoms with Crippen LogP contribution in [0.3, 0.4) is 0 Å². The number of hydrogen-bond acceptors (Lipinski definition) is 4. The van der Waals surface area contributed by atoms with Crippen LogP contribution in [0, 0.1) is 5.82 Å². The summed E-state index contributed by atoms with van der Waals surface area (Å²) in [5.41, 5.74) is 0.569. The lowest BCUT2D eigenvalue weighted by molar-refractivity contribution is -0.115. The van der Waals surface area contributed by atoms with Crippen LogP contribution in [0.2, 0.25) is 0 Å². The van der Waals surface area contributed by atoms with Crippen LogP contribution in [0.25, 0.3) is 0 Å². The van der Waals surface area contributed by atoms with Crippen LogP contribution in [-0.2, 0) is 4.79 Å². The zero-order valence-electron chi connectivity index (χ0n) is 12.1. The molecule has 2 aromatic rings. The average molecular weight is 308 g/mol. The standard InChI is InChI=1S/C14H17FN4OS/c1-9(2)19-8-16-18-14(19)21-10(3)13(20)17-12-6-4-11(15)5-7-12/h4-10H,1-3H3,(H,17,20). The number of anilines is 1. The van der Waals surface area contributed by atoms with Gasteiger partial charge in [0.15, 0.2) is 5.16 Å². The normalized spacial score (nSPS) is 12.4. The highest BCUT2D eigenvalue weighted by atomic mass is 32.2. The Labute approximate surface area is 127 Å². The second-order valence-corrected chi connectivity index (χ2v) is 6.18. The third-order valence-corrected chi connectivity index (χ3v) is 3.93. The van der Waals surface area contributed by atoms with Crippen LogP contribution in [0.15, 0.2) is 35.7 Å². The van der Waals surface area contributed by atoms with E-state index in [1.54, 1.807) is 13.3 Å². The van der Waals surface area contributed by atoms with E-state index in [-0.39, 0.29) is 23.0 Å². The quantitative estimate of drug-likeness (QED) is 0.862. The fourth-order valence-corrected chi connectivity index (χ4v) is 2.62. The molecule has 0 saturated carbocycles. The highest BCUT2D eigenvalue weighted by Crippen LogP contribution is 2.24. The Kier molecular flexibility index (Phi) is 4.95. The lowest BCUT2D eigenvalue weighted by Gasteiger charge is -2.14. The zero-order chi connectivity index (χ0) is 15.4. The number of carbonyl (C=O) groups excluding carboxylic acids is 1. The molecule has 0 aliphatic rings. The molecule has 1 N–H and O–H groups in total. The number of nitrogens with zero attached hydrogens (tertiary/aromatic N) is 3. The number of aromatic nitrogens is 3. The number of amides is 1. The molecule has 1 heterocycles. The Hall–Kier alpha value is -1.89. The van der Waals surface area contributed by atoms with Gasteiger partial charge in [-0.05, 0) is 45.0 Å². The van der Waals surface area contributed by atoms with Gasteiger partial charge in [0.05, 0.1) is 5.25 Å². The number of hydrogen-bond donors (Lipinski definition) is 1. The van der Waals surface area contributed by atoms with Crippen molar-refractivity contribution in [1.29, 1.82) is 0 Å². The molecule has 1 atom stereocenters. The van der Waals surface area contributed by atoms with Crippen molar-refractivity contribution in [2.45, 2.75) is 37.2 Å². The molecule has 7 heteroatoms. The molecule has 0 saturated heterocycles. The van der Waals surface area contributed by atoms with Gasteiger partial charge in [-0.2, -0.15) is 0 Å². The van der Waals surface area contributed by atoms with E-state index in [4.69, 9.17) is 0 Å². The van der Waals surface area contributed by atoms with Gasteiger partial charge in [-0.25, -0.2) is 4.39 Å². The summed E-state index contributed by atoms with van der Waals surface area (Å²) in [4.78, 5) is 12.1. The number of rotatable bonds is 5. The number of carbonyl (C=O) groups is 1. The molecule has 0 radical (unpaired) electrons. The van der Waals surface area contributed by atoms with Crippen LogP contribution >= 0.6 is 11.8 Å². The number of halogens is 1. The Morgan fingerprint density at radius 1 is 1.29 bits per heavy atom. The Bertz CT molecular complexity index is 612. The first kappa shape index (κ1) is 15.5. The molecule has 0 fully saturated rings. The first-order valence-electron chi connectivity index (χ1n) is 6.60. The van der Waals surface area contributed by atoms with Gasteiger partial charge in [0, 0.05) is 11.7 Å². The molecule has 0 bridgehead atoms. The predicted molar refractivity (Wildman–Crippen MR) is 80.8 cm³/mol. The van der Waals surface area contributed by atoms with E-state index >= 15 is 0 Å². The largest absolute Gasteiger partial charge is 0.325 e. The fourth-order valence-electron chi connectivity index (χ4n) is 1.66. The molecule has 2 rings (SSSR count). The first-order chi connectivity index (χ1) is 9.97. The van der Waals surface area contributed by atoms with Crippen molar-refractivity contribution in [2.24, 2.45) is 0 Å². The summed E-state index contributed by atoms with van der Waals surface area (Å²) in [7, 11) is 0. The van der Waals surface area contributed by atoms with E-state index in [0.717, 1.165) is 0 Å². The van der Waals surface area contributed by atoms with Crippen molar-refractivity contribution in [2.75, 3.05) is 5.32 Å². The second kappa shape index (κ2) is 6.71. The van der Waals surface area contributed by atoms with Gasteiger partial charge < -0.3 is 9.88 Å². The van der Waals surface area contributed by atoms with Crippen molar-refractivity contribution < 1.29 is 9.18 Å². The SMILES string of the molecule is CC(Sc1nncn1C(C)C)C(=O)Nc1ccc(F)cc1. The highest BCUT2D eigenvalue weighted by molar-refractivity contribution is 8.00. The summed E-state index contributed by atoms with van der Waals surface area (Å²) in [6.45, 7) is 5.84. The van der Waals surface area contributed by atoms with Gasteiger partial charge >= 0.3 is 0 Å². The van der Waals surface area contributed by atoms with Gasteiger partial charge in [0.1, 0.15) is 12.1 Å². The van der Waals surface area contributed by atoms with Crippen LogP contribution in [-0.4, -0.2) is 25.9 Å².